The molecule has 2 rings (SSSR count). The van der Waals surface area contributed by atoms with Crippen LogP contribution in [0.5, 0.6) is 0 Å². The average Bonchev–Trinajstić information content (AvgIpc) is 2.42. The van der Waals surface area contributed by atoms with Crippen molar-refractivity contribution in [1.82, 2.24) is 4.98 Å². The van der Waals surface area contributed by atoms with Crippen LogP contribution in [0.4, 0.5) is 11.5 Å². The SMILES string of the molecule is CC1CCCCC1(CN)Nc1ccc([N+](=O)[O-])cn1. The second kappa shape index (κ2) is 5.52. The molecule has 2 atom stereocenters. The van der Waals surface area contributed by atoms with Crippen LogP contribution < -0.4 is 11.1 Å². The Morgan fingerprint density at radius 3 is 2.89 bits per heavy atom. The van der Waals surface area contributed by atoms with E-state index in [1.165, 1.54) is 18.7 Å². The van der Waals surface area contributed by atoms with Gasteiger partial charge in [-0.3, -0.25) is 10.1 Å². The summed E-state index contributed by atoms with van der Waals surface area (Å²) in [7, 11) is 0. The Kier molecular flexibility index (Phi) is 3.99. The summed E-state index contributed by atoms with van der Waals surface area (Å²) in [5.74, 6) is 1.13. The molecule has 0 saturated heterocycles. The molecule has 104 valence electrons. The van der Waals surface area contributed by atoms with Gasteiger partial charge in [-0.25, -0.2) is 4.98 Å². The molecule has 6 nitrogen and oxygen atoms in total. The van der Waals surface area contributed by atoms with Crippen molar-refractivity contribution in [3.8, 4) is 0 Å². The summed E-state index contributed by atoms with van der Waals surface area (Å²) in [6.45, 7) is 2.75. The number of anilines is 1. The van der Waals surface area contributed by atoms with E-state index < -0.39 is 4.92 Å². The van der Waals surface area contributed by atoms with Crippen molar-refractivity contribution in [3.05, 3.63) is 28.4 Å². The van der Waals surface area contributed by atoms with Gasteiger partial charge in [-0.1, -0.05) is 19.8 Å². The molecular weight excluding hydrogens is 244 g/mol. The van der Waals surface area contributed by atoms with Crippen molar-refractivity contribution in [2.45, 2.75) is 38.1 Å². The molecule has 1 heterocycles. The monoisotopic (exact) mass is 264 g/mol. The third-order valence-corrected chi connectivity index (χ3v) is 4.15. The first kappa shape index (κ1) is 13.7. The summed E-state index contributed by atoms with van der Waals surface area (Å²) in [5.41, 5.74) is 5.82. The highest BCUT2D eigenvalue weighted by atomic mass is 16.6. The van der Waals surface area contributed by atoms with E-state index in [-0.39, 0.29) is 11.2 Å². The van der Waals surface area contributed by atoms with Crippen LogP contribution in [-0.4, -0.2) is 22.0 Å². The van der Waals surface area contributed by atoms with E-state index in [4.69, 9.17) is 5.73 Å². The van der Waals surface area contributed by atoms with Gasteiger partial charge in [-0.05, 0) is 24.8 Å². The molecule has 0 spiro atoms. The van der Waals surface area contributed by atoms with E-state index in [1.807, 2.05) is 0 Å². The van der Waals surface area contributed by atoms with E-state index >= 15 is 0 Å². The van der Waals surface area contributed by atoms with Crippen molar-refractivity contribution < 1.29 is 4.92 Å². The Labute approximate surface area is 112 Å². The van der Waals surface area contributed by atoms with Crippen LogP contribution in [0.15, 0.2) is 18.3 Å². The van der Waals surface area contributed by atoms with Gasteiger partial charge in [0.2, 0.25) is 0 Å². The number of pyridine rings is 1. The smallest absolute Gasteiger partial charge is 0.287 e. The zero-order valence-electron chi connectivity index (χ0n) is 11.1. The first-order valence-electron chi connectivity index (χ1n) is 6.66. The molecule has 1 saturated carbocycles. The minimum atomic E-state index is -0.446. The Morgan fingerprint density at radius 2 is 2.37 bits per heavy atom. The van der Waals surface area contributed by atoms with Crippen LogP contribution in [0.2, 0.25) is 0 Å². The number of aromatic nitrogens is 1. The van der Waals surface area contributed by atoms with E-state index in [0.717, 1.165) is 19.3 Å². The predicted octanol–water partition coefficient (Wildman–Crippen LogP) is 2.31. The summed E-state index contributed by atoms with van der Waals surface area (Å²) in [6.07, 6.45) is 5.83. The minimum Gasteiger partial charge on any atom is -0.363 e. The number of hydrogen-bond acceptors (Lipinski definition) is 5. The van der Waals surface area contributed by atoms with Gasteiger partial charge in [0.1, 0.15) is 12.0 Å². The molecule has 0 bridgehead atoms. The fourth-order valence-electron chi connectivity index (χ4n) is 2.78. The molecule has 0 aromatic carbocycles. The third kappa shape index (κ3) is 2.84. The molecule has 0 aliphatic heterocycles. The maximum absolute atomic E-state index is 10.6. The number of nitrogens with zero attached hydrogens (tertiary/aromatic N) is 2. The van der Waals surface area contributed by atoms with Crippen molar-refractivity contribution >= 4 is 11.5 Å². The molecule has 0 amide bonds. The second-order valence-corrected chi connectivity index (χ2v) is 5.29. The number of hydrogen-bond donors (Lipinski definition) is 2. The first-order valence-corrected chi connectivity index (χ1v) is 6.66. The number of nitro groups is 1. The fraction of sp³-hybridized carbons (Fsp3) is 0.615. The molecule has 1 aromatic heterocycles. The quantitative estimate of drug-likeness (QED) is 0.642. The molecule has 6 heteroatoms. The predicted molar refractivity (Wildman–Crippen MR) is 73.9 cm³/mol. The van der Waals surface area contributed by atoms with Crippen molar-refractivity contribution in [2.24, 2.45) is 11.7 Å². The lowest BCUT2D eigenvalue weighted by Gasteiger charge is -2.43. The lowest BCUT2D eigenvalue weighted by Crippen LogP contribution is -2.52. The van der Waals surface area contributed by atoms with Crippen LogP contribution in [-0.2, 0) is 0 Å². The number of nitrogens with one attached hydrogen (secondary N) is 1. The molecular formula is C13H20N4O2. The van der Waals surface area contributed by atoms with Crippen LogP contribution >= 0.6 is 0 Å². The molecule has 3 N–H and O–H groups in total. The molecule has 1 aliphatic rings. The highest BCUT2D eigenvalue weighted by molar-refractivity contribution is 5.43. The zero-order valence-corrected chi connectivity index (χ0v) is 11.1. The van der Waals surface area contributed by atoms with Gasteiger partial charge in [0.25, 0.3) is 5.69 Å². The van der Waals surface area contributed by atoms with Gasteiger partial charge in [0, 0.05) is 12.6 Å². The first-order chi connectivity index (χ1) is 9.07. The molecule has 1 fully saturated rings. The lowest BCUT2D eigenvalue weighted by molar-refractivity contribution is -0.385. The molecule has 2 unspecified atom stereocenters. The van der Waals surface area contributed by atoms with Crippen molar-refractivity contribution in [2.75, 3.05) is 11.9 Å². The summed E-state index contributed by atoms with van der Waals surface area (Å²) in [4.78, 5) is 14.3. The minimum absolute atomic E-state index is 0.00374. The van der Waals surface area contributed by atoms with Gasteiger partial charge in [-0.15, -0.1) is 0 Å². The number of nitrogens with two attached hydrogens (primary N) is 1. The Morgan fingerprint density at radius 1 is 1.58 bits per heavy atom. The summed E-state index contributed by atoms with van der Waals surface area (Å²) in [5, 5.41) is 14.0. The average molecular weight is 264 g/mol. The van der Waals surface area contributed by atoms with E-state index in [9.17, 15) is 10.1 Å². The largest absolute Gasteiger partial charge is 0.363 e. The third-order valence-electron chi connectivity index (χ3n) is 4.15. The lowest BCUT2D eigenvalue weighted by atomic mass is 9.73. The van der Waals surface area contributed by atoms with Gasteiger partial charge in [0.05, 0.1) is 10.5 Å². The Bertz CT molecular complexity index is 448. The highest BCUT2D eigenvalue weighted by Gasteiger charge is 2.37. The van der Waals surface area contributed by atoms with Gasteiger partial charge < -0.3 is 11.1 Å². The van der Waals surface area contributed by atoms with Crippen molar-refractivity contribution in [3.63, 3.8) is 0 Å². The van der Waals surface area contributed by atoms with Crippen molar-refractivity contribution in [1.29, 1.82) is 0 Å². The fourth-order valence-corrected chi connectivity index (χ4v) is 2.78. The summed E-state index contributed by atoms with van der Waals surface area (Å²) < 4.78 is 0. The van der Waals surface area contributed by atoms with Crippen LogP contribution in [0.3, 0.4) is 0 Å². The Hall–Kier alpha value is -1.69. The summed E-state index contributed by atoms with van der Waals surface area (Å²) >= 11 is 0. The molecule has 1 aromatic rings. The molecule has 1 aliphatic carbocycles. The standard InChI is InChI=1S/C13H20N4O2/c1-10-4-2-3-7-13(10,9-14)16-12-6-5-11(8-15-12)17(18)19/h5-6,8,10H,2-4,7,9,14H2,1H3,(H,15,16). The van der Waals surface area contributed by atoms with Crippen LogP contribution in [0, 0.1) is 16.0 Å². The zero-order chi connectivity index (χ0) is 13.9. The maximum atomic E-state index is 10.6. The Balaban J connectivity index is 2.15. The maximum Gasteiger partial charge on any atom is 0.287 e. The normalized spacial score (nSPS) is 26.9. The topological polar surface area (TPSA) is 94.1 Å². The van der Waals surface area contributed by atoms with E-state index in [0.29, 0.717) is 18.3 Å². The van der Waals surface area contributed by atoms with Crippen LogP contribution in [0.25, 0.3) is 0 Å². The molecule has 0 radical (unpaired) electrons. The number of rotatable bonds is 4. The second-order valence-electron chi connectivity index (χ2n) is 5.29. The van der Waals surface area contributed by atoms with E-state index in [2.05, 4.69) is 17.2 Å². The van der Waals surface area contributed by atoms with Gasteiger partial charge >= 0.3 is 0 Å². The molecule has 19 heavy (non-hydrogen) atoms. The van der Waals surface area contributed by atoms with Crippen LogP contribution in [0.1, 0.15) is 32.6 Å². The van der Waals surface area contributed by atoms with E-state index in [1.54, 1.807) is 6.07 Å². The highest BCUT2D eigenvalue weighted by Crippen LogP contribution is 2.35. The van der Waals surface area contributed by atoms with Gasteiger partial charge in [-0.2, -0.15) is 0 Å². The summed E-state index contributed by atoms with van der Waals surface area (Å²) in [6, 6.07) is 3.11. The van der Waals surface area contributed by atoms with Gasteiger partial charge in [0.15, 0.2) is 0 Å².